The lowest BCUT2D eigenvalue weighted by Crippen LogP contribution is -2.37. The van der Waals surface area contributed by atoms with Gasteiger partial charge in [-0.25, -0.2) is 0 Å². The quantitative estimate of drug-likeness (QED) is 0.411. The summed E-state index contributed by atoms with van der Waals surface area (Å²) < 4.78 is 5.29. The third-order valence-corrected chi connectivity index (χ3v) is 2.84. The molecule has 0 aliphatic carbocycles. The van der Waals surface area contributed by atoms with Gasteiger partial charge in [-0.2, -0.15) is 11.3 Å². The summed E-state index contributed by atoms with van der Waals surface area (Å²) in [5.74, 6) is 5.47. The van der Waals surface area contributed by atoms with E-state index in [1.807, 2.05) is 6.92 Å². The fourth-order valence-corrected chi connectivity index (χ4v) is 1.99. The van der Waals surface area contributed by atoms with Gasteiger partial charge in [0.05, 0.1) is 0 Å². The van der Waals surface area contributed by atoms with Gasteiger partial charge in [-0.3, -0.25) is 11.3 Å². The van der Waals surface area contributed by atoms with Crippen LogP contribution in [0.3, 0.4) is 0 Å². The van der Waals surface area contributed by atoms with E-state index >= 15 is 0 Å². The second-order valence-electron chi connectivity index (χ2n) is 3.18. The van der Waals surface area contributed by atoms with Crippen LogP contribution < -0.4 is 11.3 Å². The lowest BCUT2D eigenvalue weighted by molar-refractivity contribution is 0.136. The Morgan fingerprint density at radius 1 is 1.64 bits per heavy atom. The Morgan fingerprint density at radius 2 is 2.50 bits per heavy atom. The van der Waals surface area contributed by atoms with Gasteiger partial charge in [0.15, 0.2) is 0 Å². The van der Waals surface area contributed by atoms with Crippen LogP contribution in [0, 0.1) is 0 Å². The molecule has 1 unspecified atom stereocenters. The average Bonchev–Trinajstić information content (AvgIpc) is 2.69. The average molecular weight is 214 g/mol. The molecule has 4 heteroatoms. The van der Waals surface area contributed by atoms with Gasteiger partial charge in [0, 0.05) is 19.3 Å². The van der Waals surface area contributed by atoms with Crippen LogP contribution in [-0.2, 0) is 11.2 Å². The highest BCUT2D eigenvalue weighted by molar-refractivity contribution is 7.07. The summed E-state index contributed by atoms with van der Waals surface area (Å²) in [7, 11) is 0. The molecule has 80 valence electrons. The predicted molar refractivity (Wildman–Crippen MR) is 60.2 cm³/mol. The summed E-state index contributed by atoms with van der Waals surface area (Å²) in [6.07, 6.45) is 1.94. The number of hydrazine groups is 1. The highest BCUT2D eigenvalue weighted by Gasteiger charge is 2.07. The number of nitrogens with one attached hydrogen (secondary N) is 1. The van der Waals surface area contributed by atoms with Crippen molar-refractivity contribution >= 4 is 11.3 Å². The van der Waals surface area contributed by atoms with E-state index in [4.69, 9.17) is 10.6 Å². The molecular weight excluding hydrogens is 196 g/mol. The first-order chi connectivity index (χ1) is 6.86. The smallest absolute Gasteiger partial charge is 0.0481 e. The standard InChI is InChI=1S/C10H18N2OS/c1-2-13-5-3-10(12-11)7-9-4-6-14-8-9/h4,6,8,10,12H,2-3,5,7,11H2,1H3. The molecule has 0 amide bonds. The molecule has 1 atom stereocenters. The highest BCUT2D eigenvalue weighted by Crippen LogP contribution is 2.09. The van der Waals surface area contributed by atoms with Crippen LogP contribution >= 0.6 is 11.3 Å². The second kappa shape index (κ2) is 6.95. The molecule has 0 saturated heterocycles. The molecule has 1 heterocycles. The number of nitrogens with two attached hydrogens (primary N) is 1. The second-order valence-corrected chi connectivity index (χ2v) is 3.96. The minimum Gasteiger partial charge on any atom is -0.382 e. The molecule has 3 nitrogen and oxygen atoms in total. The van der Waals surface area contributed by atoms with Crippen molar-refractivity contribution in [3.05, 3.63) is 22.4 Å². The maximum Gasteiger partial charge on any atom is 0.0481 e. The van der Waals surface area contributed by atoms with E-state index in [9.17, 15) is 0 Å². The van der Waals surface area contributed by atoms with Crippen molar-refractivity contribution in [3.63, 3.8) is 0 Å². The number of hydrogen-bond donors (Lipinski definition) is 2. The lowest BCUT2D eigenvalue weighted by atomic mass is 10.1. The maximum absolute atomic E-state index is 5.47. The Hall–Kier alpha value is -0.420. The fraction of sp³-hybridized carbons (Fsp3) is 0.600. The number of thiophene rings is 1. The van der Waals surface area contributed by atoms with Gasteiger partial charge in [0.25, 0.3) is 0 Å². The topological polar surface area (TPSA) is 47.3 Å². The Morgan fingerprint density at radius 3 is 3.07 bits per heavy atom. The molecule has 1 aromatic rings. The Bertz CT molecular complexity index is 226. The van der Waals surface area contributed by atoms with Crippen molar-refractivity contribution in [2.45, 2.75) is 25.8 Å². The Labute approximate surface area is 89.2 Å². The monoisotopic (exact) mass is 214 g/mol. The number of ether oxygens (including phenoxy) is 1. The van der Waals surface area contributed by atoms with E-state index in [1.165, 1.54) is 5.56 Å². The van der Waals surface area contributed by atoms with Crippen LogP contribution in [0.25, 0.3) is 0 Å². The van der Waals surface area contributed by atoms with E-state index < -0.39 is 0 Å². The molecule has 0 aromatic carbocycles. The molecule has 3 N–H and O–H groups in total. The first-order valence-electron chi connectivity index (χ1n) is 4.91. The molecular formula is C10H18N2OS. The minimum atomic E-state index is 0.316. The highest BCUT2D eigenvalue weighted by atomic mass is 32.1. The van der Waals surface area contributed by atoms with Crippen molar-refractivity contribution in [2.24, 2.45) is 5.84 Å². The Kier molecular flexibility index (Phi) is 5.78. The van der Waals surface area contributed by atoms with Gasteiger partial charge in [0.1, 0.15) is 0 Å². The van der Waals surface area contributed by atoms with Crippen molar-refractivity contribution in [1.82, 2.24) is 5.43 Å². The zero-order chi connectivity index (χ0) is 10.2. The van der Waals surface area contributed by atoms with Crippen LogP contribution in [0.15, 0.2) is 16.8 Å². The van der Waals surface area contributed by atoms with E-state index in [-0.39, 0.29) is 0 Å². The molecule has 0 radical (unpaired) electrons. The van der Waals surface area contributed by atoms with Gasteiger partial charge in [-0.1, -0.05) is 0 Å². The summed E-state index contributed by atoms with van der Waals surface area (Å²) in [5.41, 5.74) is 4.17. The largest absolute Gasteiger partial charge is 0.382 e. The van der Waals surface area contributed by atoms with Crippen LogP contribution in [0.4, 0.5) is 0 Å². The van der Waals surface area contributed by atoms with Crippen LogP contribution in [0.1, 0.15) is 18.9 Å². The summed E-state index contributed by atoms with van der Waals surface area (Å²) >= 11 is 1.72. The minimum absolute atomic E-state index is 0.316. The fourth-order valence-electron chi connectivity index (χ4n) is 1.31. The van der Waals surface area contributed by atoms with Gasteiger partial charge >= 0.3 is 0 Å². The first kappa shape index (κ1) is 11.7. The Balaban J connectivity index is 2.24. The SMILES string of the molecule is CCOCCC(Cc1ccsc1)NN. The van der Waals surface area contributed by atoms with Crippen LogP contribution in [0.2, 0.25) is 0 Å². The maximum atomic E-state index is 5.47. The summed E-state index contributed by atoms with van der Waals surface area (Å²) in [6, 6.07) is 2.45. The van der Waals surface area contributed by atoms with E-state index in [0.717, 1.165) is 26.1 Å². The zero-order valence-electron chi connectivity index (χ0n) is 8.53. The first-order valence-corrected chi connectivity index (χ1v) is 5.86. The van der Waals surface area contributed by atoms with Gasteiger partial charge in [-0.05, 0) is 42.2 Å². The van der Waals surface area contributed by atoms with E-state index in [1.54, 1.807) is 11.3 Å². The van der Waals surface area contributed by atoms with Crippen molar-refractivity contribution < 1.29 is 4.74 Å². The molecule has 0 spiro atoms. The van der Waals surface area contributed by atoms with Gasteiger partial charge < -0.3 is 4.74 Å². The van der Waals surface area contributed by atoms with E-state index in [2.05, 4.69) is 22.3 Å². The summed E-state index contributed by atoms with van der Waals surface area (Å²) in [6.45, 7) is 3.55. The molecule has 0 aliphatic heterocycles. The molecule has 0 bridgehead atoms. The van der Waals surface area contributed by atoms with Crippen molar-refractivity contribution in [2.75, 3.05) is 13.2 Å². The molecule has 0 aliphatic rings. The molecule has 1 rings (SSSR count). The van der Waals surface area contributed by atoms with Gasteiger partial charge in [0.2, 0.25) is 0 Å². The summed E-state index contributed by atoms with van der Waals surface area (Å²) in [5, 5.41) is 4.25. The third kappa shape index (κ3) is 4.19. The predicted octanol–water partition coefficient (Wildman–Crippen LogP) is 1.55. The molecule has 0 fully saturated rings. The van der Waals surface area contributed by atoms with E-state index in [0.29, 0.717) is 6.04 Å². The summed E-state index contributed by atoms with van der Waals surface area (Å²) in [4.78, 5) is 0. The van der Waals surface area contributed by atoms with Crippen molar-refractivity contribution in [1.29, 1.82) is 0 Å². The normalized spacial score (nSPS) is 13.0. The number of rotatable bonds is 7. The van der Waals surface area contributed by atoms with Gasteiger partial charge in [-0.15, -0.1) is 0 Å². The van der Waals surface area contributed by atoms with Crippen LogP contribution in [-0.4, -0.2) is 19.3 Å². The van der Waals surface area contributed by atoms with Crippen molar-refractivity contribution in [3.8, 4) is 0 Å². The molecule has 1 aromatic heterocycles. The molecule has 0 saturated carbocycles. The lowest BCUT2D eigenvalue weighted by Gasteiger charge is -2.14. The zero-order valence-corrected chi connectivity index (χ0v) is 9.35. The third-order valence-electron chi connectivity index (χ3n) is 2.11. The van der Waals surface area contributed by atoms with Crippen LogP contribution in [0.5, 0.6) is 0 Å². The molecule has 14 heavy (non-hydrogen) atoms. The number of hydrogen-bond acceptors (Lipinski definition) is 4.